The van der Waals surface area contributed by atoms with Crippen molar-refractivity contribution in [3.05, 3.63) is 0 Å². The summed E-state index contributed by atoms with van der Waals surface area (Å²) in [6.45, 7) is 13.4. The van der Waals surface area contributed by atoms with Crippen molar-refractivity contribution >= 4 is 0 Å². The van der Waals surface area contributed by atoms with Crippen LogP contribution in [0.5, 0.6) is 0 Å². The van der Waals surface area contributed by atoms with Crippen LogP contribution in [-0.2, 0) is 0 Å². The molecule has 1 fully saturated rings. The van der Waals surface area contributed by atoms with E-state index in [1.165, 1.54) is 25.7 Å². The molecule has 1 N–H and O–H groups in total. The van der Waals surface area contributed by atoms with Crippen LogP contribution in [0.15, 0.2) is 0 Å². The minimum absolute atomic E-state index is 0.00521. The zero-order valence-corrected chi connectivity index (χ0v) is 13.8. The zero-order valence-electron chi connectivity index (χ0n) is 13.8. The first-order valence-corrected chi connectivity index (χ1v) is 8.48. The lowest BCUT2D eigenvalue weighted by Gasteiger charge is -2.49. The third-order valence-corrected chi connectivity index (χ3v) is 5.68. The lowest BCUT2D eigenvalue weighted by Crippen LogP contribution is -2.58. The van der Waals surface area contributed by atoms with Crippen molar-refractivity contribution in [2.24, 2.45) is 11.8 Å². The number of aliphatic hydroxyl groups is 1. The third kappa shape index (κ3) is 3.52. The summed E-state index contributed by atoms with van der Waals surface area (Å²) >= 11 is 0. The molecule has 1 atom stereocenters. The van der Waals surface area contributed by atoms with E-state index in [1.54, 1.807) is 0 Å². The average molecular weight is 269 g/mol. The molecule has 0 aromatic heterocycles. The highest BCUT2D eigenvalue weighted by Crippen LogP contribution is 2.38. The SMILES string of the molecule is CCN(CC)C(CC)(CC)C(O)C1CCC(C)CC1. The molecule has 114 valence electrons. The van der Waals surface area contributed by atoms with Gasteiger partial charge in [-0.3, -0.25) is 4.90 Å². The van der Waals surface area contributed by atoms with E-state index in [2.05, 4.69) is 39.5 Å². The van der Waals surface area contributed by atoms with Gasteiger partial charge in [0.05, 0.1) is 6.10 Å². The van der Waals surface area contributed by atoms with Crippen LogP contribution in [0, 0.1) is 11.8 Å². The highest BCUT2D eigenvalue weighted by atomic mass is 16.3. The minimum atomic E-state index is -0.158. The molecule has 2 nitrogen and oxygen atoms in total. The fourth-order valence-corrected chi connectivity index (χ4v) is 4.20. The van der Waals surface area contributed by atoms with Crippen molar-refractivity contribution in [2.75, 3.05) is 13.1 Å². The Morgan fingerprint density at radius 2 is 1.47 bits per heavy atom. The maximum atomic E-state index is 11.1. The number of nitrogens with zero attached hydrogens (tertiary/aromatic N) is 1. The maximum Gasteiger partial charge on any atom is 0.0751 e. The molecule has 0 spiro atoms. The van der Waals surface area contributed by atoms with Gasteiger partial charge >= 0.3 is 0 Å². The van der Waals surface area contributed by atoms with E-state index >= 15 is 0 Å². The summed E-state index contributed by atoms with van der Waals surface area (Å²) in [5, 5.41) is 11.1. The van der Waals surface area contributed by atoms with Gasteiger partial charge in [0.15, 0.2) is 0 Å². The van der Waals surface area contributed by atoms with Crippen LogP contribution in [0.3, 0.4) is 0 Å². The summed E-state index contributed by atoms with van der Waals surface area (Å²) in [4.78, 5) is 2.50. The van der Waals surface area contributed by atoms with E-state index in [-0.39, 0.29) is 11.6 Å². The Labute approximate surface area is 120 Å². The smallest absolute Gasteiger partial charge is 0.0751 e. The van der Waals surface area contributed by atoms with Crippen LogP contribution in [0.4, 0.5) is 0 Å². The van der Waals surface area contributed by atoms with Crippen molar-refractivity contribution in [1.82, 2.24) is 4.90 Å². The van der Waals surface area contributed by atoms with Crippen molar-refractivity contribution < 1.29 is 5.11 Å². The van der Waals surface area contributed by atoms with E-state index in [0.717, 1.165) is 31.8 Å². The molecule has 1 rings (SSSR count). The van der Waals surface area contributed by atoms with Gasteiger partial charge in [0.1, 0.15) is 0 Å². The second-order valence-corrected chi connectivity index (χ2v) is 6.45. The minimum Gasteiger partial charge on any atom is -0.391 e. The van der Waals surface area contributed by atoms with Gasteiger partial charge in [-0.25, -0.2) is 0 Å². The summed E-state index contributed by atoms with van der Waals surface area (Å²) in [7, 11) is 0. The Morgan fingerprint density at radius 3 is 1.84 bits per heavy atom. The molecule has 0 saturated heterocycles. The van der Waals surface area contributed by atoms with Gasteiger partial charge in [-0.15, -0.1) is 0 Å². The number of hydrogen-bond donors (Lipinski definition) is 1. The monoisotopic (exact) mass is 269 g/mol. The molecule has 1 aliphatic carbocycles. The van der Waals surface area contributed by atoms with Crippen molar-refractivity contribution in [3.63, 3.8) is 0 Å². The van der Waals surface area contributed by atoms with Crippen LogP contribution in [0.2, 0.25) is 0 Å². The number of likely N-dealkylation sites (N-methyl/N-ethyl adjacent to an activating group) is 1. The number of aliphatic hydroxyl groups excluding tert-OH is 1. The van der Waals surface area contributed by atoms with Gasteiger partial charge in [-0.1, -0.05) is 47.5 Å². The topological polar surface area (TPSA) is 23.5 Å². The molecule has 1 saturated carbocycles. The second-order valence-electron chi connectivity index (χ2n) is 6.45. The molecule has 0 aromatic rings. The lowest BCUT2D eigenvalue weighted by atomic mass is 9.71. The quantitative estimate of drug-likeness (QED) is 0.753. The predicted molar refractivity (Wildman–Crippen MR) is 83.4 cm³/mol. The normalized spacial score (nSPS) is 26.7. The van der Waals surface area contributed by atoms with Gasteiger partial charge < -0.3 is 5.11 Å². The fourth-order valence-electron chi connectivity index (χ4n) is 4.20. The van der Waals surface area contributed by atoms with Crippen molar-refractivity contribution in [1.29, 1.82) is 0 Å². The van der Waals surface area contributed by atoms with Gasteiger partial charge in [-0.05, 0) is 50.6 Å². The Bertz CT molecular complexity index is 238. The molecule has 1 unspecified atom stereocenters. The summed E-state index contributed by atoms with van der Waals surface area (Å²) in [5.74, 6) is 1.37. The Hall–Kier alpha value is -0.0800. The maximum absolute atomic E-state index is 11.1. The van der Waals surface area contributed by atoms with Crippen molar-refractivity contribution in [2.45, 2.75) is 84.8 Å². The van der Waals surface area contributed by atoms with Crippen LogP contribution in [-0.4, -0.2) is 34.7 Å². The molecule has 0 amide bonds. The molecule has 0 radical (unpaired) electrons. The standard InChI is InChI=1S/C17H35NO/c1-6-17(7-2,18(8-3)9-4)16(19)15-12-10-14(5)11-13-15/h14-16,19H,6-13H2,1-5H3. The number of hydrogen-bond acceptors (Lipinski definition) is 2. The lowest BCUT2D eigenvalue weighted by molar-refractivity contribution is -0.0736. The Balaban J connectivity index is 2.85. The van der Waals surface area contributed by atoms with Crippen LogP contribution in [0.25, 0.3) is 0 Å². The molecular weight excluding hydrogens is 234 g/mol. The van der Waals surface area contributed by atoms with E-state index in [0.29, 0.717) is 5.92 Å². The third-order valence-electron chi connectivity index (χ3n) is 5.68. The highest BCUT2D eigenvalue weighted by Gasteiger charge is 2.43. The molecule has 0 heterocycles. The van der Waals surface area contributed by atoms with E-state index < -0.39 is 0 Å². The molecule has 0 bridgehead atoms. The van der Waals surface area contributed by atoms with E-state index in [4.69, 9.17) is 0 Å². The van der Waals surface area contributed by atoms with E-state index in [9.17, 15) is 5.11 Å². The highest BCUT2D eigenvalue weighted by molar-refractivity contribution is 4.98. The van der Waals surface area contributed by atoms with Crippen molar-refractivity contribution in [3.8, 4) is 0 Å². The molecule has 19 heavy (non-hydrogen) atoms. The summed E-state index contributed by atoms with van der Waals surface area (Å²) in [5.41, 5.74) is -0.00521. The molecule has 0 aliphatic heterocycles. The van der Waals surface area contributed by atoms with Gasteiger partial charge in [0, 0.05) is 5.54 Å². The van der Waals surface area contributed by atoms with Gasteiger partial charge in [-0.2, -0.15) is 0 Å². The predicted octanol–water partition coefficient (Wildman–Crippen LogP) is 4.07. The molecule has 0 aromatic carbocycles. The summed E-state index contributed by atoms with van der Waals surface area (Å²) in [6.07, 6.45) is 6.97. The van der Waals surface area contributed by atoms with Crippen LogP contribution < -0.4 is 0 Å². The zero-order chi connectivity index (χ0) is 14.5. The van der Waals surface area contributed by atoms with Gasteiger partial charge in [0.2, 0.25) is 0 Å². The Morgan fingerprint density at radius 1 is 1.00 bits per heavy atom. The second kappa shape index (κ2) is 7.64. The fraction of sp³-hybridized carbons (Fsp3) is 1.00. The molecular formula is C17H35NO. The average Bonchev–Trinajstić information content (AvgIpc) is 2.45. The summed E-state index contributed by atoms with van der Waals surface area (Å²) < 4.78 is 0. The van der Waals surface area contributed by atoms with Gasteiger partial charge in [0.25, 0.3) is 0 Å². The van der Waals surface area contributed by atoms with Crippen LogP contribution >= 0.6 is 0 Å². The Kier molecular flexibility index (Phi) is 6.82. The first-order chi connectivity index (χ1) is 9.05. The van der Waals surface area contributed by atoms with Crippen LogP contribution in [0.1, 0.15) is 73.1 Å². The summed E-state index contributed by atoms with van der Waals surface area (Å²) in [6, 6.07) is 0. The first-order valence-electron chi connectivity index (χ1n) is 8.48. The number of rotatable bonds is 7. The first kappa shape index (κ1) is 17.0. The molecule has 2 heteroatoms. The molecule has 1 aliphatic rings. The largest absolute Gasteiger partial charge is 0.391 e. The van der Waals surface area contributed by atoms with E-state index in [1.807, 2.05) is 0 Å².